The van der Waals surface area contributed by atoms with Crippen molar-refractivity contribution in [2.75, 3.05) is 25.0 Å². The molecule has 0 aliphatic carbocycles. The number of hydrogen-bond donors (Lipinski definition) is 2. The number of nitrogens with zero attached hydrogens (tertiary/aromatic N) is 2. The molecular formula is C23H26N4O4. The molecule has 162 valence electrons. The molecule has 31 heavy (non-hydrogen) atoms. The molecule has 1 fully saturated rings. The largest absolute Gasteiger partial charge is 0.483 e. The molecule has 2 aromatic carbocycles. The number of carbonyl (C=O) groups excluding carboxylic acids is 3. The van der Waals surface area contributed by atoms with Gasteiger partial charge in [-0.15, -0.1) is 0 Å². The van der Waals surface area contributed by atoms with Crippen LogP contribution in [0.25, 0.3) is 0 Å². The molecule has 8 heteroatoms. The van der Waals surface area contributed by atoms with Crippen LogP contribution in [0.2, 0.25) is 0 Å². The Bertz CT molecular complexity index is 968. The fourth-order valence-corrected chi connectivity index (χ4v) is 3.26. The maximum absolute atomic E-state index is 12.2. The second kappa shape index (κ2) is 10.9. The van der Waals surface area contributed by atoms with Gasteiger partial charge in [0, 0.05) is 24.3 Å². The standard InChI is InChI=1S/C23H26N4O4/c1-2-17-9-3-5-11-19(17)25-22(29)23(30)26-24-15-18-10-4-6-12-20(18)31-16-21(28)27-13-7-8-14-27/h3-6,9-12,15H,2,7-8,13-14,16H2,1H3,(H,25,29)(H,26,30)/b24-15-. The van der Waals surface area contributed by atoms with Crippen LogP contribution in [0.3, 0.4) is 0 Å². The van der Waals surface area contributed by atoms with Gasteiger partial charge in [-0.1, -0.05) is 37.3 Å². The number of hydrogen-bond acceptors (Lipinski definition) is 5. The quantitative estimate of drug-likeness (QED) is 0.406. The highest BCUT2D eigenvalue weighted by atomic mass is 16.5. The summed E-state index contributed by atoms with van der Waals surface area (Å²) in [5, 5.41) is 6.44. The van der Waals surface area contributed by atoms with Crippen LogP contribution in [0.5, 0.6) is 5.75 Å². The van der Waals surface area contributed by atoms with Crippen molar-refractivity contribution >= 4 is 29.6 Å². The van der Waals surface area contributed by atoms with E-state index in [-0.39, 0.29) is 12.5 Å². The lowest BCUT2D eigenvalue weighted by atomic mass is 10.1. The van der Waals surface area contributed by atoms with E-state index in [1.165, 1.54) is 6.21 Å². The van der Waals surface area contributed by atoms with Gasteiger partial charge in [-0.05, 0) is 43.0 Å². The fourth-order valence-electron chi connectivity index (χ4n) is 3.26. The molecule has 0 bridgehead atoms. The molecule has 0 spiro atoms. The third-order valence-electron chi connectivity index (χ3n) is 4.95. The van der Waals surface area contributed by atoms with E-state index in [1.807, 2.05) is 19.1 Å². The van der Waals surface area contributed by atoms with Crippen molar-refractivity contribution in [3.8, 4) is 5.75 Å². The Morgan fingerprint density at radius 2 is 1.74 bits per heavy atom. The zero-order chi connectivity index (χ0) is 22.1. The Kier molecular flexibility index (Phi) is 7.75. The van der Waals surface area contributed by atoms with Crippen molar-refractivity contribution in [1.82, 2.24) is 10.3 Å². The molecule has 1 saturated heterocycles. The van der Waals surface area contributed by atoms with Gasteiger partial charge in [0.2, 0.25) is 0 Å². The molecular weight excluding hydrogens is 396 g/mol. The van der Waals surface area contributed by atoms with Crippen molar-refractivity contribution in [1.29, 1.82) is 0 Å². The molecule has 3 amide bonds. The third kappa shape index (κ3) is 6.15. The van der Waals surface area contributed by atoms with Gasteiger partial charge in [0.15, 0.2) is 6.61 Å². The van der Waals surface area contributed by atoms with Crippen LogP contribution in [0.1, 0.15) is 30.9 Å². The molecule has 8 nitrogen and oxygen atoms in total. The van der Waals surface area contributed by atoms with Gasteiger partial charge in [0.1, 0.15) is 5.75 Å². The van der Waals surface area contributed by atoms with Crippen LogP contribution in [-0.4, -0.2) is 48.5 Å². The number of aryl methyl sites for hydroxylation is 1. The van der Waals surface area contributed by atoms with Gasteiger partial charge in [-0.25, -0.2) is 5.43 Å². The van der Waals surface area contributed by atoms with Gasteiger partial charge in [-0.3, -0.25) is 14.4 Å². The smallest absolute Gasteiger partial charge is 0.329 e. The van der Waals surface area contributed by atoms with E-state index >= 15 is 0 Å². The highest BCUT2D eigenvalue weighted by Crippen LogP contribution is 2.17. The zero-order valence-corrected chi connectivity index (χ0v) is 17.5. The SMILES string of the molecule is CCc1ccccc1NC(=O)C(=O)N/N=C\c1ccccc1OCC(=O)N1CCCC1. The number of hydrazone groups is 1. The maximum Gasteiger partial charge on any atom is 0.329 e. The lowest BCUT2D eigenvalue weighted by Gasteiger charge is -2.16. The number of ether oxygens (including phenoxy) is 1. The van der Waals surface area contributed by atoms with Crippen molar-refractivity contribution < 1.29 is 19.1 Å². The van der Waals surface area contributed by atoms with Gasteiger partial charge >= 0.3 is 11.8 Å². The van der Waals surface area contributed by atoms with Gasteiger partial charge in [-0.2, -0.15) is 5.10 Å². The average molecular weight is 422 g/mol. The predicted octanol–water partition coefficient (Wildman–Crippen LogP) is 2.34. The van der Waals surface area contributed by atoms with E-state index in [9.17, 15) is 14.4 Å². The van der Waals surface area contributed by atoms with Crippen molar-refractivity contribution in [3.63, 3.8) is 0 Å². The first-order chi connectivity index (χ1) is 15.1. The number of para-hydroxylation sites is 2. The zero-order valence-electron chi connectivity index (χ0n) is 17.5. The summed E-state index contributed by atoms with van der Waals surface area (Å²) < 4.78 is 5.65. The van der Waals surface area contributed by atoms with E-state index in [4.69, 9.17) is 4.74 Å². The summed E-state index contributed by atoms with van der Waals surface area (Å²) in [6.45, 7) is 3.44. The molecule has 1 aliphatic heterocycles. The summed E-state index contributed by atoms with van der Waals surface area (Å²) in [5.74, 6) is -1.28. The molecule has 0 saturated carbocycles. The normalized spacial score (nSPS) is 13.3. The summed E-state index contributed by atoms with van der Waals surface area (Å²) >= 11 is 0. The Morgan fingerprint density at radius 1 is 1.03 bits per heavy atom. The van der Waals surface area contributed by atoms with E-state index in [0.29, 0.717) is 17.0 Å². The van der Waals surface area contributed by atoms with Crippen molar-refractivity contribution in [2.24, 2.45) is 5.10 Å². The highest BCUT2D eigenvalue weighted by molar-refractivity contribution is 6.39. The summed E-state index contributed by atoms with van der Waals surface area (Å²) in [5.41, 5.74) is 4.32. The number of carbonyl (C=O) groups is 3. The molecule has 0 radical (unpaired) electrons. The van der Waals surface area contributed by atoms with Crippen LogP contribution >= 0.6 is 0 Å². The van der Waals surface area contributed by atoms with Crippen LogP contribution in [0.15, 0.2) is 53.6 Å². The highest BCUT2D eigenvalue weighted by Gasteiger charge is 2.18. The molecule has 3 rings (SSSR count). The van der Waals surface area contributed by atoms with Crippen LogP contribution in [-0.2, 0) is 20.8 Å². The number of benzene rings is 2. The van der Waals surface area contributed by atoms with Gasteiger partial charge < -0.3 is 15.0 Å². The maximum atomic E-state index is 12.2. The second-order valence-corrected chi connectivity index (χ2v) is 7.08. The lowest BCUT2D eigenvalue weighted by Crippen LogP contribution is -2.32. The molecule has 2 N–H and O–H groups in total. The first-order valence-corrected chi connectivity index (χ1v) is 10.3. The monoisotopic (exact) mass is 422 g/mol. The Hall–Kier alpha value is -3.68. The first-order valence-electron chi connectivity index (χ1n) is 10.3. The molecule has 0 atom stereocenters. The molecule has 2 aromatic rings. The minimum atomic E-state index is -0.884. The molecule has 1 heterocycles. The summed E-state index contributed by atoms with van der Waals surface area (Å²) in [7, 11) is 0. The van der Waals surface area contributed by atoms with Gasteiger partial charge in [0.25, 0.3) is 5.91 Å². The van der Waals surface area contributed by atoms with Crippen LogP contribution < -0.4 is 15.5 Å². The van der Waals surface area contributed by atoms with E-state index in [0.717, 1.165) is 37.9 Å². The number of amides is 3. The Labute approximate surface area is 181 Å². The minimum absolute atomic E-state index is 0.0541. The molecule has 1 aliphatic rings. The average Bonchev–Trinajstić information content (AvgIpc) is 3.33. The lowest BCUT2D eigenvalue weighted by molar-refractivity contribution is -0.136. The summed E-state index contributed by atoms with van der Waals surface area (Å²) in [6.07, 6.45) is 4.15. The topological polar surface area (TPSA) is 100 Å². The Balaban J connectivity index is 1.54. The minimum Gasteiger partial charge on any atom is -0.483 e. The molecule has 0 unspecified atom stereocenters. The van der Waals surface area contributed by atoms with Gasteiger partial charge in [0.05, 0.1) is 6.21 Å². The Morgan fingerprint density at radius 3 is 2.52 bits per heavy atom. The second-order valence-electron chi connectivity index (χ2n) is 7.08. The number of rotatable bonds is 7. The van der Waals surface area contributed by atoms with Crippen LogP contribution in [0.4, 0.5) is 5.69 Å². The predicted molar refractivity (Wildman–Crippen MR) is 118 cm³/mol. The van der Waals surface area contributed by atoms with E-state index in [2.05, 4.69) is 15.8 Å². The first kappa shape index (κ1) is 22.0. The summed E-state index contributed by atoms with van der Waals surface area (Å²) in [4.78, 5) is 38.1. The fraction of sp³-hybridized carbons (Fsp3) is 0.304. The summed E-state index contributed by atoms with van der Waals surface area (Å²) in [6, 6.07) is 14.3. The number of likely N-dealkylation sites (tertiary alicyclic amines) is 1. The number of anilines is 1. The van der Waals surface area contributed by atoms with Crippen molar-refractivity contribution in [3.05, 3.63) is 59.7 Å². The van der Waals surface area contributed by atoms with E-state index < -0.39 is 11.8 Å². The third-order valence-corrected chi connectivity index (χ3v) is 4.95. The molecule has 0 aromatic heterocycles. The van der Waals surface area contributed by atoms with Crippen LogP contribution in [0, 0.1) is 0 Å². The number of nitrogens with one attached hydrogen (secondary N) is 2. The van der Waals surface area contributed by atoms with E-state index in [1.54, 1.807) is 41.3 Å². The van der Waals surface area contributed by atoms with Crippen molar-refractivity contribution in [2.45, 2.75) is 26.2 Å².